The molecule has 2 aliphatic heterocycles. The first-order valence-electron chi connectivity index (χ1n) is 9.53. The largest absolute Gasteiger partial charge is 0.462 e. The van der Waals surface area contributed by atoms with Crippen molar-refractivity contribution in [1.29, 1.82) is 0 Å². The van der Waals surface area contributed by atoms with Crippen LogP contribution in [0.1, 0.15) is 54.9 Å². The minimum absolute atomic E-state index is 0.172. The summed E-state index contributed by atoms with van der Waals surface area (Å²) in [5.41, 5.74) is 2.93. The summed E-state index contributed by atoms with van der Waals surface area (Å²) in [5, 5.41) is 3.37. The van der Waals surface area contributed by atoms with E-state index in [-0.39, 0.29) is 5.97 Å². The monoisotopic (exact) mass is 330 g/mol. The number of piperidine rings is 1. The fourth-order valence-electron chi connectivity index (χ4n) is 3.71. The third kappa shape index (κ3) is 4.29. The summed E-state index contributed by atoms with van der Waals surface area (Å²) < 4.78 is 5.65. The molecule has 2 heterocycles. The number of carbonyl (C=O) groups excluding carboxylic acids is 1. The Morgan fingerprint density at radius 1 is 1.33 bits per heavy atom. The van der Waals surface area contributed by atoms with Gasteiger partial charge in [-0.1, -0.05) is 25.5 Å². The summed E-state index contributed by atoms with van der Waals surface area (Å²) >= 11 is 0. The van der Waals surface area contributed by atoms with Gasteiger partial charge < -0.3 is 15.0 Å². The summed E-state index contributed by atoms with van der Waals surface area (Å²) in [4.78, 5) is 15.0. The zero-order chi connectivity index (χ0) is 16.8. The Hall–Kier alpha value is -1.55. The van der Waals surface area contributed by atoms with Crippen LogP contribution in [0.5, 0.6) is 0 Å². The predicted molar refractivity (Wildman–Crippen MR) is 97.6 cm³/mol. The summed E-state index contributed by atoms with van der Waals surface area (Å²) in [6.45, 7) is 7.24. The van der Waals surface area contributed by atoms with Gasteiger partial charge in [-0.15, -0.1) is 0 Å². The molecule has 4 nitrogen and oxygen atoms in total. The molecule has 132 valence electrons. The van der Waals surface area contributed by atoms with Crippen LogP contribution >= 0.6 is 0 Å². The normalized spacial score (nSPS) is 18.7. The van der Waals surface area contributed by atoms with Crippen molar-refractivity contribution in [2.24, 2.45) is 5.92 Å². The standard InChI is InChI=1S/C20H30N2O2/c1-2-3-12-22-13-9-16(10-14-22)15-24-20(23)18-8-4-6-17-7-5-11-21-19(17)18/h4,6,8,16,21H,2-3,5,7,9-15H2,1H3. The molecular formula is C20H30N2O2. The van der Waals surface area contributed by atoms with Gasteiger partial charge in [0.25, 0.3) is 0 Å². The van der Waals surface area contributed by atoms with Crippen molar-refractivity contribution in [3.8, 4) is 0 Å². The fraction of sp³-hybridized carbons (Fsp3) is 0.650. The number of benzene rings is 1. The number of anilines is 1. The summed E-state index contributed by atoms with van der Waals surface area (Å²) in [6.07, 6.45) is 6.99. The molecular weight excluding hydrogens is 300 g/mol. The first kappa shape index (κ1) is 17.3. The first-order chi connectivity index (χ1) is 11.8. The number of nitrogens with one attached hydrogen (secondary N) is 1. The lowest BCUT2D eigenvalue weighted by Crippen LogP contribution is -2.36. The smallest absolute Gasteiger partial charge is 0.340 e. The number of carbonyl (C=O) groups is 1. The molecule has 1 N–H and O–H groups in total. The highest BCUT2D eigenvalue weighted by molar-refractivity contribution is 5.96. The average Bonchev–Trinajstić information content (AvgIpc) is 2.64. The Labute approximate surface area is 145 Å². The second-order valence-corrected chi connectivity index (χ2v) is 7.11. The zero-order valence-electron chi connectivity index (χ0n) is 14.9. The zero-order valence-corrected chi connectivity index (χ0v) is 14.9. The summed E-state index contributed by atoms with van der Waals surface area (Å²) in [7, 11) is 0. The molecule has 1 saturated heterocycles. The van der Waals surface area contributed by atoms with Gasteiger partial charge >= 0.3 is 5.97 Å². The van der Waals surface area contributed by atoms with Gasteiger partial charge in [0, 0.05) is 6.54 Å². The van der Waals surface area contributed by atoms with E-state index in [0.29, 0.717) is 18.1 Å². The van der Waals surface area contributed by atoms with Crippen LogP contribution in [-0.2, 0) is 11.2 Å². The third-order valence-corrected chi connectivity index (χ3v) is 5.28. The van der Waals surface area contributed by atoms with Gasteiger partial charge in [-0.05, 0) is 69.3 Å². The molecule has 4 heteroatoms. The molecule has 0 spiro atoms. The van der Waals surface area contributed by atoms with Crippen LogP contribution in [-0.4, -0.2) is 43.7 Å². The third-order valence-electron chi connectivity index (χ3n) is 5.28. The molecule has 0 radical (unpaired) electrons. The van der Waals surface area contributed by atoms with E-state index in [1.807, 2.05) is 12.1 Å². The first-order valence-corrected chi connectivity index (χ1v) is 9.53. The summed E-state index contributed by atoms with van der Waals surface area (Å²) in [5.74, 6) is 0.342. The van der Waals surface area contributed by atoms with Crippen LogP contribution in [0.4, 0.5) is 5.69 Å². The topological polar surface area (TPSA) is 41.6 Å². The van der Waals surface area contributed by atoms with E-state index in [1.165, 1.54) is 24.9 Å². The van der Waals surface area contributed by atoms with Gasteiger partial charge in [0.2, 0.25) is 0 Å². The number of ether oxygens (including phenoxy) is 1. The van der Waals surface area contributed by atoms with Crippen molar-refractivity contribution >= 4 is 11.7 Å². The minimum atomic E-state index is -0.172. The SMILES string of the molecule is CCCCN1CCC(COC(=O)c2cccc3c2NCCC3)CC1. The number of hydrogen-bond acceptors (Lipinski definition) is 4. The Kier molecular flexibility index (Phi) is 6.13. The van der Waals surface area contributed by atoms with Gasteiger partial charge in [-0.2, -0.15) is 0 Å². The molecule has 0 unspecified atom stereocenters. The molecule has 1 aromatic rings. The van der Waals surface area contributed by atoms with E-state index in [2.05, 4.69) is 23.2 Å². The molecule has 2 aliphatic rings. The lowest BCUT2D eigenvalue weighted by atomic mass is 9.97. The highest BCUT2D eigenvalue weighted by atomic mass is 16.5. The highest BCUT2D eigenvalue weighted by Crippen LogP contribution is 2.27. The molecule has 3 rings (SSSR count). The van der Waals surface area contributed by atoms with Crippen molar-refractivity contribution in [2.45, 2.75) is 45.4 Å². The number of hydrogen-bond donors (Lipinski definition) is 1. The number of rotatable bonds is 6. The van der Waals surface area contributed by atoms with Crippen molar-refractivity contribution in [3.05, 3.63) is 29.3 Å². The van der Waals surface area contributed by atoms with Gasteiger partial charge in [0.1, 0.15) is 0 Å². The van der Waals surface area contributed by atoms with Gasteiger partial charge in [-0.25, -0.2) is 4.79 Å². The Balaban J connectivity index is 1.48. The van der Waals surface area contributed by atoms with E-state index >= 15 is 0 Å². The highest BCUT2D eigenvalue weighted by Gasteiger charge is 2.22. The van der Waals surface area contributed by atoms with Crippen LogP contribution in [0.3, 0.4) is 0 Å². The van der Waals surface area contributed by atoms with E-state index in [9.17, 15) is 4.79 Å². The molecule has 0 atom stereocenters. The number of fused-ring (bicyclic) bond motifs is 1. The van der Waals surface area contributed by atoms with Crippen LogP contribution in [0.15, 0.2) is 18.2 Å². The van der Waals surface area contributed by atoms with Crippen LogP contribution < -0.4 is 5.32 Å². The van der Waals surface area contributed by atoms with Crippen LogP contribution in [0, 0.1) is 5.92 Å². The maximum atomic E-state index is 12.5. The second-order valence-electron chi connectivity index (χ2n) is 7.11. The van der Waals surface area contributed by atoms with Gasteiger partial charge in [0.05, 0.1) is 17.9 Å². The van der Waals surface area contributed by atoms with E-state index in [0.717, 1.165) is 51.0 Å². The molecule has 24 heavy (non-hydrogen) atoms. The Morgan fingerprint density at radius 3 is 2.96 bits per heavy atom. The quantitative estimate of drug-likeness (QED) is 0.807. The molecule has 0 saturated carbocycles. The number of esters is 1. The van der Waals surface area contributed by atoms with Gasteiger partial charge in [-0.3, -0.25) is 0 Å². The van der Waals surface area contributed by atoms with Crippen LogP contribution in [0.2, 0.25) is 0 Å². The number of likely N-dealkylation sites (tertiary alicyclic amines) is 1. The molecule has 0 amide bonds. The van der Waals surface area contributed by atoms with Gasteiger partial charge in [0.15, 0.2) is 0 Å². The van der Waals surface area contributed by atoms with Crippen molar-refractivity contribution in [1.82, 2.24) is 4.90 Å². The minimum Gasteiger partial charge on any atom is -0.462 e. The predicted octanol–water partition coefficient (Wildman–Crippen LogP) is 3.71. The van der Waals surface area contributed by atoms with Crippen molar-refractivity contribution in [3.63, 3.8) is 0 Å². The maximum absolute atomic E-state index is 12.5. The van der Waals surface area contributed by atoms with Crippen molar-refractivity contribution < 1.29 is 9.53 Å². The number of aryl methyl sites for hydroxylation is 1. The van der Waals surface area contributed by atoms with E-state index in [1.54, 1.807) is 0 Å². The second kappa shape index (κ2) is 8.52. The molecule has 0 aliphatic carbocycles. The van der Waals surface area contributed by atoms with E-state index < -0.39 is 0 Å². The molecule has 1 aromatic carbocycles. The number of unbranched alkanes of at least 4 members (excludes halogenated alkanes) is 1. The van der Waals surface area contributed by atoms with Crippen molar-refractivity contribution in [2.75, 3.05) is 38.1 Å². The lowest BCUT2D eigenvalue weighted by Gasteiger charge is -2.31. The molecule has 0 bridgehead atoms. The maximum Gasteiger partial charge on any atom is 0.340 e. The van der Waals surface area contributed by atoms with E-state index in [4.69, 9.17) is 4.74 Å². The Morgan fingerprint density at radius 2 is 2.17 bits per heavy atom. The molecule has 1 fully saturated rings. The molecule has 0 aromatic heterocycles. The summed E-state index contributed by atoms with van der Waals surface area (Å²) in [6, 6.07) is 5.95. The fourth-order valence-corrected chi connectivity index (χ4v) is 3.71. The Bertz CT molecular complexity index is 551. The van der Waals surface area contributed by atoms with Crippen LogP contribution in [0.25, 0.3) is 0 Å². The average molecular weight is 330 g/mol. The lowest BCUT2D eigenvalue weighted by molar-refractivity contribution is 0.0373. The number of para-hydroxylation sites is 1. The number of nitrogens with zero attached hydrogens (tertiary/aromatic N) is 1.